The second-order valence-corrected chi connectivity index (χ2v) is 5.29. The summed E-state index contributed by atoms with van der Waals surface area (Å²) in [6, 6.07) is -0.0316. The van der Waals surface area contributed by atoms with Crippen LogP contribution in [-0.2, 0) is 10.0 Å². The first-order valence-corrected chi connectivity index (χ1v) is 6.17. The number of nitrogens with one attached hydrogen (secondary N) is 1. The summed E-state index contributed by atoms with van der Waals surface area (Å²) in [5.74, 6) is -0.213. The average Bonchev–Trinajstić information content (AvgIpc) is 2.02. The maximum atomic E-state index is 11.3. The van der Waals surface area contributed by atoms with Gasteiger partial charge in [-0.1, -0.05) is 13.8 Å². The Morgan fingerprint density at radius 1 is 1.38 bits per heavy atom. The minimum Gasteiger partial charge on any atom is -0.396 e. The van der Waals surface area contributed by atoms with E-state index in [1.165, 1.54) is 0 Å². The highest BCUT2D eigenvalue weighted by Gasteiger charge is 2.16. The molecule has 0 aromatic carbocycles. The molecule has 0 aromatic rings. The number of rotatable bonds is 6. The van der Waals surface area contributed by atoms with Gasteiger partial charge >= 0.3 is 0 Å². The van der Waals surface area contributed by atoms with Crippen LogP contribution >= 0.6 is 0 Å². The fourth-order valence-corrected chi connectivity index (χ4v) is 2.60. The largest absolute Gasteiger partial charge is 0.396 e. The van der Waals surface area contributed by atoms with E-state index in [0.717, 1.165) is 6.42 Å². The van der Waals surface area contributed by atoms with Gasteiger partial charge in [0.15, 0.2) is 0 Å². The second kappa shape index (κ2) is 5.57. The highest BCUT2D eigenvalue weighted by molar-refractivity contribution is 7.89. The molecule has 80 valence electrons. The normalized spacial score (nSPS) is 16.9. The summed E-state index contributed by atoms with van der Waals surface area (Å²) in [6.45, 7) is 5.35. The zero-order valence-corrected chi connectivity index (χ0v) is 9.26. The van der Waals surface area contributed by atoms with E-state index in [9.17, 15) is 8.42 Å². The quantitative estimate of drug-likeness (QED) is 0.662. The van der Waals surface area contributed by atoms with Crippen LogP contribution in [0.2, 0.25) is 0 Å². The van der Waals surface area contributed by atoms with Gasteiger partial charge in [-0.05, 0) is 19.3 Å². The molecule has 0 aliphatic rings. The van der Waals surface area contributed by atoms with Crippen LogP contribution in [0.25, 0.3) is 0 Å². The maximum absolute atomic E-state index is 11.3. The molecule has 13 heavy (non-hydrogen) atoms. The van der Waals surface area contributed by atoms with Crippen LogP contribution < -0.4 is 4.72 Å². The summed E-state index contributed by atoms with van der Waals surface area (Å²) in [6.07, 6.45) is 0.771. The molecular formula is C8H19NO3S. The molecule has 0 heterocycles. The van der Waals surface area contributed by atoms with Crippen LogP contribution in [0.15, 0.2) is 0 Å². The third kappa shape index (κ3) is 6.01. The molecule has 2 unspecified atom stereocenters. The van der Waals surface area contributed by atoms with E-state index >= 15 is 0 Å². The number of aliphatic hydroxyl groups is 1. The summed E-state index contributed by atoms with van der Waals surface area (Å²) in [5, 5.41) is 8.70. The minimum absolute atomic E-state index is 0.00611. The van der Waals surface area contributed by atoms with E-state index in [-0.39, 0.29) is 24.3 Å². The molecular weight excluding hydrogens is 190 g/mol. The van der Waals surface area contributed by atoms with E-state index in [0.29, 0.717) is 0 Å². The highest BCUT2D eigenvalue weighted by Crippen LogP contribution is 2.00. The van der Waals surface area contributed by atoms with Crippen molar-refractivity contribution in [3.63, 3.8) is 0 Å². The van der Waals surface area contributed by atoms with E-state index in [1.54, 1.807) is 6.92 Å². The standard InChI is InChI=1S/C8H19NO3S/c1-4-8(3)9-13(11,12)6-7(2)5-10/h7-10H,4-6H2,1-3H3. The number of sulfonamides is 1. The van der Waals surface area contributed by atoms with Crippen molar-refractivity contribution in [3.8, 4) is 0 Å². The predicted molar refractivity (Wildman–Crippen MR) is 52.9 cm³/mol. The zero-order chi connectivity index (χ0) is 10.5. The van der Waals surface area contributed by atoms with Crippen LogP contribution in [0.3, 0.4) is 0 Å². The van der Waals surface area contributed by atoms with Gasteiger partial charge in [-0.15, -0.1) is 0 Å². The van der Waals surface area contributed by atoms with Gasteiger partial charge in [-0.25, -0.2) is 13.1 Å². The van der Waals surface area contributed by atoms with Gasteiger partial charge in [0.1, 0.15) is 0 Å². The van der Waals surface area contributed by atoms with Crippen LogP contribution in [0.4, 0.5) is 0 Å². The minimum atomic E-state index is -3.21. The fraction of sp³-hybridized carbons (Fsp3) is 1.00. The van der Waals surface area contributed by atoms with Gasteiger partial charge in [0.05, 0.1) is 5.75 Å². The lowest BCUT2D eigenvalue weighted by Crippen LogP contribution is -2.36. The number of hydrogen-bond donors (Lipinski definition) is 2. The predicted octanol–water partition coefficient (Wildman–Crippen LogP) is 0.333. The summed E-state index contributed by atoms with van der Waals surface area (Å²) in [5.41, 5.74) is 0. The van der Waals surface area contributed by atoms with Gasteiger partial charge in [0.2, 0.25) is 10.0 Å². The monoisotopic (exact) mass is 209 g/mol. The summed E-state index contributed by atoms with van der Waals surface area (Å²) < 4.78 is 25.2. The van der Waals surface area contributed by atoms with Crippen molar-refractivity contribution < 1.29 is 13.5 Å². The average molecular weight is 209 g/mol. The van der Waals surface area contributed by atoms with Gasteiger partial charge in [0, 0.05) is 12.6 Å². The van der Waals surface area contributed by atoms with E-state index < -0.39 is 10.0 Å². The van der Waals surface area contributed by atoms with Crippen molar-refractivity contribution in [2.24, 2.45) is 5.92 Å². The molecule has 0 rings (SSSR count). The molecule has 4 nitrogen and oxygen atoms in total. The molecule has 0 aromatic heterocycles. The lowest BCUT2D eigenvalue weighted by atomic mass is 10.2. The molecule has 2 atom stereocenters. The molecule has 0 aliphatic carbocycles. The third-order valence-corrected chi connectivity index (χ3v) is 3.58. The van der Waals surface area contributed by atoms with Crippen LogP contribution in [0.1, 0.15) is 27.2 Å². The van der Waals surface area contributed by atoms with E-state index in [2.05, 4.69) is 4.72 Å². The molecule has 0 radical (unpaired) electrons. The Bertz CT molecular complexity index is 208. The lowest BCUT2D eigenvalue weighted by Gasteiger charge is -2.14. The molecule has 0 bridgehead atoms. The van der Waals surface area contributed by atoms with Gasteiger partial charge in [-0.2, -0.15) is 0 Å². The van der Waals surface area contributed by atoms with Crippen molar-refractivity contribution in [2.45, 2.75) is 33.2 Å². The van der Waals surface area contributed by atoms with Gasteiger partial charge < -0.3 is 5.11 Å². The fourth-order valence-electron chi connectivity index (χ4n) is 0.865. The summed E-state index contributed by atoms with van der Waals surface area (Å²) in [7, 11) is -3.21. The first-order chi connectivity index (χ1) is 5.91. The zero-order valence-electron chi connectivity index (χ0n) is 8.45. The first kappa shape index (κ1) is 12.9. The second-order valence-electron chi connectivity index (χ2n) is 3.50. The van der Waals surface area contributed by atoms with Crippen LogP contribution in [0.5, 0.6) is 0 Å². The van der Waals surface area contributed by atoms with Crippen molar-refractivity contribution in [2.75, 3.05) is 12.4 Å². The highest BCUT2D eigenvalue weighted by atomic mass is 32.2. The Labute approximate surface area is 80.4 Å². The molecule has 0 amide bonds. The molecule has 0 saturated carbocycles. The van der Waals surface area contributed by atoms with Gasteiger partial charge in [-0.3, -0.25) is 0 Å². The van der Waals surface area contributed by atoms with Crippen LogP contribution in [0, 0.1) is 5.92 Å². The Morgan fingerprint density at radius 3 is 2.31 bits per heavy atom. The topological polar surface area (TPSA) is 66.4 Å². The molecule has 0 saturated heterocycles. The van der Waals surface area contributed by atoms with Crippen molar-refractivity contribution in [1.82, 2.24) is 4.72 Å². The number of hydrogen-bond acceptors (Lipinski definition) is 3. The summed E-state index contributed by atoms with van der Waals surface area (Å²) >= 11 is 0. The van der Waals surface area contributed by atoms with Crippen molar-refractivity contribution in [1.29, 1.82) is 0 Å². The Balaban J connectivity index is 4.09. The number of aliphatic hydroxyl groups excluding tert-OH is 1. The molecule has 0 aliphatic heterocycles. The Kier molecular flexibility index (Phi) is 5.51. The third-order valence-electron chi connectivity index (χ3n) is 1.81. The Hall–Kier alpha value is -0.130. The SMILES string of the molecule is CCC(C)NS(=O)(=O)CC(C)CO. The lowest BCUT2D eigenvalue weighted by molar-refractivity contribution is 0.248. The van der Waals surface area contributed by atoms with Crippen LogP contribution in [-0.4, -0.2) is 31.9 Å². The van der Waals surface area contributed by atoms with Crippen molar-refractivity contribution in [3.05, 3.63) is 0 Å². The van der Waals surface area contributed by atoms with Gasteiger partial charge in [0.25, 0.3) is 0 Å². The first-order valence-electron chi connectivity index (χ1n) is 4.52. The molecule has 0 fully saturated rings. The maximum Gasteiger partial charge on any atom is 0.212 e. The molecule has 5 heteroatoms. The Morgan fingerprint density at radius 2 is 1.92 bits per heavy atom. The van der Waals surface area contributed by atoms with E-state index in [4.69, 9.17) is 5.11 Å². The molecule has 0 spiro atoms. The smallest absolute Gasteiger partial charge is 0.212 e. The van der Waals surface area contributed by atoms with E-state index in [1.807, 2.05) is 13.8 Å². The molecule has 2 N–H and O–H groups in total. The summed E-state index contributed by atoms with van der Waals surface area (Å²) in [4.78, 5) is 0. The van der Waals surface area contributed by atoms with Crippen molar-refractivity contribution >= 4 is 10.0 Å².